The van der Waals surface area contributed by atoms with Crippen LogP contribution in [-0.2, 0) is 6.42 Å². The van der Waals surface area contributed by atoms with Crippen molar-refractivity contribution in [3.05, 3.63) is 99.5 Å². The van der Waals surface area contributed by atoms with E-state index in [9.17, 15) is 9.59 Å². The molecule has 0 saturated carbocycles. The number of carbonyl (C=O) groups excluding carboxylic acids is 1. The van der Waals surface area contributed by atoms with E-state index in [-0.39, 0.29) is 17.4 Å². The molecule has 1 aliphatic heterocycles. The predicted molar refractivity (Wildman–Crippen MR) is 103 cm³/mol. The van der Waals surface area contributed by atoms with E-state index in [1.165, 1.54) is 11.6 Å². The predicted octanol–water partition coefficient (Wildman–Crippen LogP) is 3.73. The van der Waals surface area contributed by atoms with Gasteiger partial charge in [-0.2, -0.15) is 0 Å². The summed E-state index contributed by atoms with van der Waals surface area (Å²) in [5.74, 6) is 0.0145. The highest BCUT2D eigenvalue weighted by Crippen LogP contribution is 2.40. The number of aryl methyl sites for hydroxylation is 1. The van der Waals surface area contributed by atoms with Crippen LogP contribution in [0.3, 0.4) is 0 Å². The van der Waals surface area contributed by atoms with E-state index in [1.54, 1.807) is 11.0 Å². The summed E-state index contributed by atoms with van der Waals surface area (Å²) in [6, 6.07) is 21.4. The second kappa shape index (κ2) is 6.64. The highest BCUT2D eigenvalue weighted by molar-refractivity contribution is 6.07. The molecule has 0 radical (unpaired) electrons. The molecule has 1 N–H and O–H groups in total. The van der Waals surface area contributed by atoms with E-state index in [0.717, 1.165) is 16.9 Å². The van der Waals surface area contributed by atoms with Crippen LogP contribution in [0.2, 0.25) is 0 Å². The van der Waals surface area contributed by atoms with E-state index in [1.807, 2.05) is 43.3 Å². The van der Waals surface area contributed by atoms with Crippen molar-refractivity contribution in [2.75, 3.05) is 11.4 Å². The fraction of sp³-hybridized carbons (Fsp3) is 0.182. The molecule has 1 aliphatic rings. The number of carbonyl (C=O) groups is 1. The van der Waals surface area contributed by atoms with Crippen molar-refractivity contribution in [1.82, 2.24) is 4.98 Å². The van der Waals surface area contributed by atoms with Crippen LogP contribution in [0.4, 0.5) is 5.69 Å². The lowest BCUT2D eigenvalue weighted by molar-refractivity contribution is 0.0988. The van der Waals surface area contributed by atoms with Gasteiger partial charge >= 0.3 is 0 Å². The number of hydrogen-bond donors (Lipinski definition) is 1. The number of benzene rings is 2. The highest BCUT2D eigenvalue weighted by Gasteiger charge is 2.33. The smallest absolute Gasteiger partial charge is 0.258 e. The molecule has 0 bridgehead atoms. The highest BCUT2D eigenvalue weighted by atomic mass is 16.2. The molecule has 130 valence electrons. The molecule has 2 aromatic carbocycles. The number of rotatable bonds is 3. The monoisotopic (exact) mass is 344 g/mol. The van der Waals surface area contributed by atoms with Crippen molar-refractivity contribution in [2.24, 2.45) is 0 Å². The van der Waals surface area contributed by atoms with Gasteiger partial charge in [-0.25, -0.2) is 0 Å². The van der Waals surface area contributed by atoms with Crippen LogP contribution in [-0.4, -0.2) is 17.4 Å². The Hall–Kier alpha value is -3.14. The molecule has 1 amide bonds. The van der Waals surface area contributed by atoms with E-state index in [0.29, 0.717) is 18.5 Å². The molecule has 1 unspecified atom stereocenters. The summed E-state index contributed by atoms with van der Waals surface area (Å²) in [5, 5.41) is 0. The van der Waals surface area contributed by atoms with Gasteiger partial charge in [-0.05, 0) is 29.7 Å². The van der Waals surface area contributed by atoms with Crippen LogP contribution in [0.25, 0.3) is 0 Å². The van der Waals surface area contributed by atoms with Crippen LogP contribution >= 0.6 is 0 Å². The Labute approximate surface area is 152 Å². The Balaban J connectivity index is 1.75. The molecule has 1 aromatic heterocycles. The average molecular weight is 344 g/mol. The van der Waals surface area contributed by atoms with E-state index < -0.39 is 0 Å². The number of nitrogens with one attached hydrogen (secondary N) is 1. The van der Waals surface area contributed by atoms with Gasteiger partial charge in [-0.15, -0.1) is 0 Å². The molecule has 4 heteroatoms. The summed E-state index contributed by atoms with van der Waals surface area (Å²) in [6.07, 6.45) is 0.680. The lowest BCUT2D eigenvalue weighted by Gasteiger charge is -2.18. The van der Waals surface area contributed by atoms with Crippen LogP contribution in [0.15, 0.2) is 71.5 Å². The second-order valence-electron chi connectivity index (χ2n) is 6.55. The summed E-state index contributed by atoms with van der Waals surface area (Å²) in [7, 11) is 0. The first-order valence-corrected chi connectivity index (χ1v) is 8.86. The van der Waals surface area contributed by atoms with Crippen LogP contribution in [0.1, 0.15) is 40.0 Å². The van der Waals surface area contributed by atoms with Gasteiger partial charge in [0.15, 0.2) is 0 Å². The van der Waals surface area contributed by atoms with Crippen molar-refractivity contribution in [1.29, 1.82) is 0 Å². The summed E-state index contributed by atoms with van der Waals surface area (Å²) < 4.78 is 0. The van der Waals surface area contributed by atoms with E-state index in [4.69, 9.17) is 0 Å². The van der Waals surface area contributed by atoms with Crippen LogP contribution < -0.4 is 10.5 Å². The number of anilines is 1. The zero-order chi connectivity index (χ0) is 18.1. The maximum absolute atomic E-state index is 13.2. The largest absolute Gasteiger partial charge is 0.326 e. The standard InChI is InChI=1S/C22H20N2O2/c1-2-17-12-16(13-21(25)23-17)22(26)24-14-19(15-8-4-3-5-9-15)18-10-6-7-11-20(18)24/h3-13,19H,2,14H2,1H3,(H,23,25). The molecule has 4 rings (SSSR count). The number of fused-ring (bicyclic) bond motifs is 1. The molecule has 1 atom stereocenters. The van der Waals surface area contributed by atoms with Crippen molar-refractivity contribution in [3.8, 4) is 0 Å². The average Bonchev–Trinajstić information content (AvgIpc) is 3.07. The Kier molecular flexibility index (Phi) is 4.17. The minimum Gasteiger partial charge on any atom is -0.326 e. The Morgan fingerprint density at radius 1 is 1.08 bits per heavy atom. The fourth-order valence-electron chi connectivity index (χ4n) is 3.64. The van der Waals surface area contributed by atoms with Gasteiger partial charge in [0.1, 0.15) is 0 Å². The van der Waals surface area contributed by atoms with Gasteiger partial charge in [-0.1, -0.05) is 55.5 Å². The first kappa shape index (κ1) is 16.3. The number of pyridine rings is 1. The quantitative estimate of drug-likeness (QED) is 0.787. The number of para-hydroxylation sites is 1. The van der Waals surface area contributed by atoms with Crippen molar-refractivity contribution >= 4 is 11.6 Å². The number of hydrogen-bond acceptors (Lipinski definition) is 2. The Morgan fingerprint density at radius 3 is 2.58 bits per heavy atom. The maximum atomic E-state index is 13.2. The van der Waals surface area contributed by atoms with Gasteiger partial charge in [0, 0.05) is 35.5 Å². The second-order valence-corrected chi connectivity index (χ2v) is 6.55. The zero-order valence-corrected chi connectivity index (χ0v) is 14.6. The Bertz CT molecular complexity index is 1010. The molecule has 0 saturated heterocycles. The van der Waals surface area contributed by atoms with Gasteiger partial charge < -0.3 is 9.88 Å². The number of nitrogens with zero attached hydrogens (tertiary/aromatic N) is 1. The lowest BCUT2D eigenvalue weighted by atomic mass is 9.93. The minimum atomic E-state index is -0.236. The van der Waals surface area contributed by atoms with Crippen LogP contribution in [0.5, 0.6) is 0 Å². The normalized spacial score (nSPS) is 15.7. The molecule has 3 aromatic rings. The number of amides is 1. The third-order valence-corrected chi connectivity index (χ3v) is 4.94. The molecule has 2 heterocycles. The summed E-state index contributed by atoms with van der Waals surface area (Å²) in [4.78, 5) is 29.6. The third kappa shape index (κ3) is 2.84. The maximum Gasteiger partial charge on any atom is 0.258 e. The topological polar surface area (TPSA) is 53.2 Å². The van der Waals surface area contributed by atoms with E-state index >= 15 is 0 Å². The van der Waals surface area contributed by atoms with Crippen molar-refractivity contribution in [2.45, 2.75) is 19.3 Å². The lowest BCUT2D eigenvalue weighted by Crippen LogP contribution is -2.31. The molecule has 26 heavy (non-hydrogen) atoms. The summed E-state index contributed by atoms with van der Waals surface area (Å²) >= 11 is 0. The third-order valence-electron chi connectivity index (χ3n) is 4.94. The molecule has 4 nitrogen and oxygen atoms in total. The van der Waals surface area contributed by atoms with Gasteiger partial charge in [-0.3, -0.25) is 9.59 Å². The van der Waals surface area contributed by atoms with E-state index in [2.05, 4.69) is 23.2 Å². The molecular formula is C22H20N2O2. The first-order chi connectivity index (χ1) is 12.7. The number of aromatic amines is 1. The summed E-state index contributed by atoms with van der Waals surface area (Å²) in [5.41, 5.74) is 4.23. The molecule has 0 fully saturated rings. The minimum absolute atomic E-state index is 0.128. The SMILES string of the molecule is CCc1cc(C(=O)N2CC(c3ccccc3)c3ccccc32)cc(=O)[nH]1. The zero-order valence-electron chi connectivity index (χ0n) is 14.6. The van der Waals surface area contributed by atoms with Crippen LogP contribution in [0, 0.1) is 0 Å². The molecule has 0 aliphatic carbocycles. The van der Waals surface area contributed by atoms with Gasteiger partial charge in [0.25, 0.3) is 5.91 Å². The Morgan fingerprint density at radius 2 is 1.81 bits per heavy atom. The van der Waals surface area contributed by atoms with Gasteiger partial charge in [0.2, 0.25) is 5.56 Å². The molecule has 0 spiro atoms. The van der Waals surface area contributed by atoms with Crippen molar-refractivity contribution < 1.29 is 4.79 Å². The summed E-state index contributed by atoms with van der Waals surface area (Å²) in [6.45, 7) is 2.53. The number of aromatic nitrogens is 1. The van der Waals surface area contributed by atoms with Gasteiger partial charge in [0.05, 0.1) is 0 Å². The fourth-order valence-corrected chi connectivity index (χ4v) is 3.64. The number of H-pyrrole nitrogens is 1. The molecular weight excluding hydrogens is 324 g/mol. The first-order valence-electron chi connectivity index (χ1n) is 8.86. The van der Waals surface area contributed by atoms with Crippen molar-refractivity contribution in [3.63, 3.8) is 0 Å².